The number of aryl methyl sites for hydroxylation is 2. The highest BCUT2D eigenvalue weighted by Gasteiger charge is 2.25. The zero-order chi connectivity index (χ0) is 27.3. The number of para-hydroxylation sites is 1. The average molecular weight is 535 g/mol. The van der Waals surface area contributed by atoms with Gasteiger partial charge in [0, 0.05) is 41.6 Å². The summed E-state index contributed by atoms with van der Waals surface area (Å²) in [6.45, 7) is 8.91. The maximum absolute atomic E-state index is 6.24. The van der Waals surface area contributed by atoms with Crippen molar-refractivity contribution >= 4 is 11.0 Å². The maximum Gasteiger partial charge on any atom is 0.181 e. The summed E-state index contributed by atoms with van der Waals surface area (Å²) in [7, 11) is 0. The molecule has 206 valence electrons. The van der Waals surface area contributed by atoms with Gasteiger partial charge in [-0.25, -0.2) is 4.98 Å². The normalized spacial score (nSPS) is 16.7. The van der Waals surface area contributed by atoms with Crippen molar-refractivity contribution in [1.29, 1.82) is 0 Å². The molecule has 1 atom stereocenters. The molecule has 1 aliphatic carbocycles. The van der Waals surface area contributed by atoms with Gasteiger partial charge in [-0.05, 0) is 111 Å². The van der Waals surface area contributed by atoms with Crippen LogP contribution in [0, 0.1) is 12.8 Å². The van der Waals surface area contributed by atoms with E-state index in [0.29, 0.717) is 6.61 Å². The van der Waals surface area contributed by atoms with Crippen molar-refractivity contribution in [2.24, 2.45) is 5.92 Å². The second-order valence-electron chi connectivity index (χ2n) is 11.0. The Morgan fingerprint density at radius 2 is 2.00 bits per heavy atom. The Hall–Kier alpha value is -4.06. The number of ether oxygens (including phenoxy) is 2. The fraction of sp³-hybridized carbons (Fsp3) is 0.353. The van der Waals surface area contributed by atoms with E-state index in [2.05, 4.69) is 32.7 Å². The van der Waals surface area contributed by atoms with E-state index >= 15 is 0 Å². The third kappa shape index (κ3) is 6.06. The molecule has 2 fully saturated rings. The molecule has 6 heteroatoms. The number of benzene rings is 2. The molecule has 1 aliphatic heterocycles. The zero-order valence-corrected chi connectivity index (χ0v) is 23.4. The van der Waals surface area contributed by atoms with Crippen LogP contribution >= 0.6 is 0 Å². The van der Waals surface area contributed by atoms with E-state index in [1.54, 1.807) is 5.57 Å². The molecule has 1 saturated heterocycles. The minimum atomic E-state index is 0.459. The number of nitrogens with one attached hydrogen (secondary N) is 1. The third-order valence-electron chi connectivity index (χ3n) is 8.08. The van der Waals surface area contributed by atoms with E-state index in [-0.39, 0.29) is 0 Å². The summed E-state index contributed by atoms with van der Waals surface area (Å²) in [4.78, 5) is 7.09. The summed E-state index contributed by atoms with van der Waals surface area (Å²) in [5, 5.41) is 8.88. The predicted octanol–water partition coefficient (Wildman–Crippen LogP) is 7.91. The zero-order valence-electron chi connectivity index (χ0n) is 23.4. The number of rotatable bonds is 11. The Morgan fingerprint density at radius 3 is 2.80 bits per heavy atom. The highest BCUT2D eigenvalue weighted by molar-refractivity contribution is 5.81. The molecular formula is C34H38N4O2. The standard InChI is InChI=1S/C34H38N4O2/c1-3-31(26-14-15-26)38-20-8-10-25(22-38)9-7-13-30-33-27(18-19-35-34(33)37-36-30)23-39-29-16-17-32(24(2)21-29)40-28-11-5-4-6-12-28/h3-6,11-12,16-19,21,25H,1,7-10,13-15,20,22-23H2,2H3,(H,35,36,37)/t25-/m1/s1. The van der Waals surface area contributed by atoms with Crippen LogP contribution in [0.2, 0.25) is 0 Å². The highest BCUT2D eigenvalue weighted by atomic mass is 16.5. The first-order chi connectivity index (χ1) is 19.7. The molecule has 0 amide bonds. The highest BCUT2D eigenvalue weighted by Crippen LogP contribution is 2.36. The lowest BCUT2D eigenvalue weighted by Crippen LogP contribution is -2.34. The molecule has 6 rings (SSSR count). The molecule has 0 radical (unpaired) electrons. The van der Waals surface area contributed by atoms with Crippen molar-refractivity contribution in [2.75, 3.05) is 13.1 Å². The molecule has 0 bridgehead atoms. The largest absolute Gasteiger partial charge is 0.489 e. The van der Waals surface area contributed by atoms with Crippen molar-refractivity contribution in [1.82, 2.24) is 20.1 Å². The number of hydrogen-bond donors (Lipinski definition) is 1. The van der Waals surface area contributed by atoms with Crippen LogP contribution in [0.1, 0.15) is 55.3 Å². The Kier molecular flexibility index (Phi) is 7.85. The summed E-state index contributed by atoms with van der Waals surface area (Å²) in [5.41, 5.74) is 7.05. The molecule has 1 saturated carbocycles. The Balaban J connectivity index is 1.07. The van der Waals surface area contributed by atoms with Crippen molar-refractivity contribution in [3.05, 3.63) is 102 Å². The molecule has 2 aliphatic rings. The Labute approximate surface area is 236 Å². The van der Waals surface area contributed by atoms with Gasteiger partial charge in [0.15, 0.2) is 5.65 Å². The van der Waals surface area contributed by atoms with Crippen LogP contribution in [0.25, 0.3) is 11.0 Å². The van der Waals surface area contributed by atoms with Gasteiger partial charge in [-0.1, -0.05) is 24.8 Å². The predicted molar refractivity (Wildman–Crippen MR) is 160 cm³/mol. The fourth-order valence-electron chi connectivity index (χ4n) is 5.89. The van der Waals surface area contributed by atoms with Gasteiger partial charge in [-0.3, -0.25) is 5.10 Å². The van der Waals surface area contributed by atoms with Crippen molar-refractivity contribution < 1.29 is 9.47 Å². The summed E-state index contributed by atoms with van der Waals surface area (Å²) >= 11 is 0. The Bertz CT molecular complexity index is 1500. The summed E-state index contributed by atoms with van der Waals surface area (Å²) < 4.78 is 12.3. The lowest BCUT2D eigenvalue weighted by atomic mass is 9.91. The van der Waals surface area contributed by atoms with Crippen LogP contribution in [0.5, 0.6) is 17.2 Å². The molecular weight excluding hydrogens is 496 g/mol. The molecule has 6 nitrogen and oxygen atoms in total. The SMILES string of the molecule is C=CC(=C1CC1)N1CCC[C@@H](CCCc2[nH]nc3nccc(COc4ccc(Oc5ccccc5)c(C)c4)c23)C1. The number of hydrogen-bond acceptors (Lipinski definition) is 5. The van der Waals surface area contributed by atoms with E-state index in [1.165, 1.54) is 44.3 Å². The molecule has 4 aromatic rings. The summed E-state index contributed by atoms with van der Waals surface area (Å²) in [5.74, 6) is 3.20. The molecule has 0 spiro atoms. The van der Waals surface area contributed by atoms with Gasteiger partial charge in [0.05, 0.1) is 0 Å². The quantitative estimate of drug-likeness (QED) is 0.212. The molecule has 2 aromatic heterocycles. The van der Waals surface area contributed by atoms with E-state index in [9.17, 15) is 0 Å². The minimum Gasteiger partial charge on any atom is -0.489 e. The molecule has 2 aromatic carbocycles. The second-order valence-corrected chi connectivity index (χ2v) is 11.0. The second kappa shape index (κ2) is 12.0. The number of H-pyrrole nitrogens is 1. The van der Waals surface area contributed by atoms with Crippen LogP contribution in [-0.2, 0) is 13.0 Å². The van der Waals surface area contributed by atoms with Crippen molar-refractivity contribution in [3.63, 3.8) is 0 Å². The van der Waals surface area contributed by atoms with E-state index in [1.807, 2.05) is 67.7 Å². The molecule has 0 unspecified atom stereocenters. The van der Waals surface area contributed by atoms with Crippen molar-refractivity contribution in [2.45, 2.75) is 58.5 Å². The number of piperidine rings is 1. The number of fused-ring (bicyclic) bond motifs is 1. The first kappa shape index (κ1) is 26.2. The van der Waals surface area contributed by atoms with Crippen molar-refractivity contribution in [3.8, 4) is 17.2 Å². The summed E-state index contributed by atoms with van der Waals surface area (Å²) in [6, 6.07) is 17.8. The van der Waals surface area contributed by atoms with Gasteiger partial charge in [-0.2, -0.15) is 5.10 Å². The number of likely N-dealkylation sites (tertiary alicyclic amines) is 1. The lowest BCUT2D eigenvalue weighted by molar-refractivity contribution is 0.211. The molecule has 40 heavy (non-hydrogen) atoms. The van der Waals surface area contributed by atoms with Gasteiger partial charge in [0.1, 0.15) is 23.9 Å². The Morgan fingerprint density at radius 1 is 1.12 bits per heavy atom. The van der Waals surface area contributed by atoms with Gasteiger partial charge < -0.3 is 14.4 Å². The third-order valence-corrected chi connectivity index (χ3v) is 8.08. The smallest absolute Gasteiger partial charge is 0.181 e. The van der Waals surface area contributed by atoms with E-state index in [4.69, 9.17) is 9.47 Å². The van der Waals surface area contributed by atoms with Gasteiger partial charge in [-0.15, -0.1) is 0 Å². The number of aromatic nitrogens is 3. The first-order valence-electron chi connectivity index (χ1n) is 14.5. The monoisotopic (exact) mass is 534 g/mol. The minimum absolute atomic E-state index is 0.459. The van der Waals surface area contributed by atoms with Crippen LogP contribution in [-0.4, -0.2) is 33.2 Å². The number of allylic oxidation sites excluding steroid dienone is 2. The number of nitrogens with zero attached hydrogens (tertiary/aromatic N) is 3. The number of aromatic amines is 1. The maximum atomic E-state index is 6.24. The van der Waals surface area contributed by atoms with E-state index in [0.717, 1.165) is 70.4 Å². The fourth-order valence-corrected chi connectivity index (χ4v) is 5.89. The van der Waals surface area contributed by atoms with Gasteiger partial charge >= 0.3 is 0 Å². The molecule has 3 heterocycles. The summed E-state index contributed by atoms with van der Waals surface area (Å²) in [6.07, 6.45) is 12.3. The first-order valence-corrected chi connectivity index (χ1v) is 14.5. The van der Waals surface area contributed by atoms with Crippen LogP contribution < -0.4 is 9.47 Å². The van der Waals surface area contributed by atoms with Crippen LogP contribution in [0.15, 0.2) is 84.7 Å². The average Bonchev–Trinajstić information content (AvgIpc) is 3.73. The molecule has 1 N–H and O–H groups in total. The van der Waals surface area contributed by atoms with E-state index < -0.39 is 0 Å². The lowest BCUT2D eigenvalue weighted by Gasteiger charge is -2.35. The topological polar surface area (TPSA) is 63.3 Å². The number of pyridine rings is 1. The van der Waals surface area contributed by atoms with Crippen LogP contribution in [0.4, 0.5) is 0 Å². The van der Waals surface area contributed by atoms with Gasteiger partial charge in [0.25, 0.3) is 0 Å². The van der Waals surface area contributed by atoms with Crippen LogP contribution in [0.3, 0.4) is 0 Å². The van der Waals surface area contributed by atoms with Gasteiger partial charge in [0.2, 0.25) is 0 Å².